The van der Waals surface area contributed by atoms with Gasteiger partial charge in [0.1, 0.15) is 0 Å². The van der Waals surface area contributed by atoms with Crippen LogP contribution in [0.4, 0.5) is 0 Å². The number of imidazole rings is 2. The number of aromatic amines is 1. The number of nitrogens with one attached hydrogen (secondary N) is 2. The standard InChI is InChI=1S/C13H14N4O2/c1-14-5-4-9-7-17-11-3-2-8(12(18)19)6-10(11)16-13(17)15-9/h2-3,6-7,14H,4-5H2,1H3,(H,15,16)(H,18,19). The third-order valence-corrected chi connectivity index (χ3v) is 3.14. The van der Waals surface area contributed by atoms with Gasteiger partial charge in [-0.25, -0.2) is 9.78 Å². The maximum Gasteiger partial charge on any atom is 0.335 e. The smallest absolute Gasteiger partial charge is 0.335 e. The summed E-state index contributed by atoms with van der Waals surface area (Å²) in [5, 5.41) is 12.1. The third kappa shape index (κ3) is 1.96. The maximum absolute atomic E-state index is 10.9. The number of nitrogens with zero attached hydrogens (tertiary/aromatic N) is 2. The van der Waals surface area contributed by atoms with Gasteiger partial charge in [-0.15, -0.1) is 0 Å². The molecule has 3 rings (SSSR count). The second-order valence-corrected chi connectivity index (χ2v) is 4.45. The number of aromatic carboxylic acids is 1. The Morgan fingerprint density at radius 1 is 1.53 bits per heavy atom. The number of H-pyrrole nitrogens is 1. The molecule has 6 heteroatoms. The third-order valence-electron chi connectivity index (χ3n) is 3.14. The molecule has 0 aliphatic rings. The molecular weight excluding hydrogens is 244 g/mol. The molecule has 19 heavy (non-hydrogen) atoms. The van der Waals surface area contributed by atoms with Crippen molar-refractivity contribution in [2.75, 3.05) is 13.6 Å². The number of benzene rings is 1. The van der Waals surface area contributed by atoms with Gasteiger partial charge >= 0.3 is 5.97 Å². The molecule has 0 aliphatic carbocycles. The van der Waals surface area contributed by atoms with E-state index in [9.17, 15) is 4.79 Å². The minimum absolute atomic E-state index is 0.253. The summed E-state index contributed by atoms with van der Waals surface area (Å²) in [5.74, 6) is -0.197. The number of rotatable bonds is 4. The van der Waals surface area contributed by atoms with Crippen LogP contribution in [-0.2, 0) is 6.42 Å². The minimum Gasteiger partial charge on any atom is -0.478 e. The molecular formula is C13H14N4O2. The zero-order valence-corrected chi connectivity index (χ0v) is 10.5. The van der Waals surface area contributed by atoms with Crippen molar-refractivity contribution in [1.29, 1.82) is 0 Å². The van der Waals surface area contributed by atoms with Gasteiger partial charge in [-0.05, 0) is 25.2 Å². The van der Waals surface area contributed by atoms with Crippen LogP contribution >= 0.6 is 0 Å². The van der Waals surface area contributed by atoms with Gasteiger partial charge in [0, 0.05) is 24.9 Å². The maximum atomic E-state index is 10.9. The summed E-state index contributed by atoms with van der Waals surface area (Å²) >= 11 is 0. The van der Waals surface area contributed by atoms with Gasteiger partial charge in [0.25, 0.3) is 0 Å². The number of hydrogen-bond donors (Lipinski definition) is 3. The van der Waals surface area contributed by atoms with Gasteiger partial charge in [-0.3, -0.25) is 4.40 Å². The molecule has 0 saturated heterocycles. The lowest BCUT2D eigenvalue weighted by atomic mass is 10.2. The highest BCUT2D eigenvalue weighted by molar-refractivity contribution is 5.93. The van der Waals surface area contributed by atoms with Crippen LogP contribution in [0.3, 0.4) is 0 Å². The van der Waals surface area contributed by atoms with Crippen molar-refractivity contribution in [3.63, 3.8) is 0 Å². The van der Waals surface area contributed by atoms with Crippen LogP contribution < -0.4 is 5.32 Å². The van der Waals surface area contributed by atoms with E-state index in [1.807, 2.05) is 17.6 Å². The monoisotopic (exact) mass is 258 g/mol. The SMILES string of the molecule is CNCCc1cn2c(nc3cc(C(=O)O)ccc32)[nH]1. The Morgan fingerprint density at radius 3 is 3.11 bits per heavy atom. The highest BCUT2D eigenvalue weighted by atomic mass is 16.4. The number of carboxylic acid groups (broad SMARTS) is 1. The van der Waals surface area contributed by atoms with Crippen molar-refractivity contribution >= 4 is 22.8 Å². The molecule has 0 bridgehead atoms. The van der Waals surface area contributed by atoms with Gasteiger partial charge in [0.2, 0.25) is 5.78 Å². The average molecular weight is 258 g/mol. The molecule has 0 spiro atoms. The summed E-state index contributed by atoms with van der Waals surface area (Å²) in [7, 11) is 1.91. The molecule has 0 fully saturated rings. The summed E-state index contributed by atoms with van der Waals surface area (Å²) in [6.07, 6.45) is 2.90. The van der Waals surface area contributed by atoms with Crippen molar-refractivity contribution in [3.8, 4) is 0 Å². The summed E-state index contributed by atoms with van der Waals surface area (Å²) in [6, 6.07) is 4.97. The zero-order valence-electron chi connectivity index (χ0n) is 10.5. The van der Waals surface area contributed by atoms with Crippen LogP contribution in [0.2, 0.25) is 0 Å². The first kappa shape index (κ1) is 11.7. The highest BCUT2D eigenvalue weighted by Crippen LogP contribution is 2.18. The lowest BCUT2D eigenvalue weighted by Gasteiger charge is -1.96. The van der Waals surface area contributed by atoms with E-state index in [1.165, 1.54) is 0 Å². The second-order valence-electron chi connectivity index (χ2n) is 4.45. The minimum atomic E-state index is -0.937. The van der Waals surface area contributed by atoms with Crippen LogP contribution in [0.5, 0.6) is 0 Å². The normalized spacial score (nSPS) is 11.4. The number of fused-ring (bicyclic) bond motifs is 3. The summed E-state index contributed by atoms with van der Waals surface area (Å²) in [5.41, 5.74) is 2.95. The van der Waals surface area contributed by atoms with Gasteiger partial charge in [-0.1, -0.05) is 0 Å². The van der Waals surface area contributed by atoms with Crippen molar-refractivity contribution in [2.45, 2.75) is 6.42 Å². The van der Waals surface area contributed by atoms with Gasteiger partial charge < -0.3 is 15.4 Å². The first-order valence-corrected chi connectivity index (χ1v) is 6.06. The number of likely N-dealkylation sites (N-methyl/N-ethyl adjacent to an activating group) is 1. The Hall–Kier alpha value is -2.34. The largest absolute Gasteiger partial charge is 0.478 e. The van der Waals surface area contributed by atoms with Gasteiger partial charge in [0.15, 0.2) is 0 Å². The number of carbonyl (C=O) groups is 1. The van der Waals surface area contributed by atoms with E-state index in [0.29, 0.717) is 5.52 Å². The summed E-state index contributed by atoms with van der Waals surface area (Å²) < 4.78 is 1.95. The molecule has 0 radical (unpaired) electrons. The molecule has 0 unspecified atom stereocenters. The highest BCUT2D eigenvalue weighted by Gasteiger charge is 2.10. The molecule has 0 amide bonds. The summed E-state index contributed by atoms with van der Waals surface area (Å²) in [4.78, 5) is 18.6. The zero-order chi connectivity index (χ0) is 13.4. The van der Waals surface area contributed by atoms with Crippen LogP contribution in [0.15, 0.2) is 24.4 Å². The van der Waals surface area contributed by atoms with E-state index in [4.69, 9.17) is 5.11 Å². The molecule has 0 atom stereocenters. The first-order valence-electron chi connectivity index (χ1n) is 6.06. The number of aromatic nitrogens is 3. The Kier molecular flexibility index (Phi) is 2.72. The van der Waals surface area contributed by atoms with Crippen molar-refractivity contribution in [2.24, 2.45) is 0 Å². The topological polar surface area (TPSA) is 82.4 Å². The molecule has 3 N–H and O–H groups in total. The number of carboxylic acids is 1. The Morgan fingerprint density at radius 2 is 2.37 bits per heavy atom. The van der Waals surface area contributed by atoms with Crippen LogP contribution in [0, 0.1) is 0 Å². The summed E-state index contributed by atoms with van der Waals surface area (Å²) in [6.45, 7) is 0.894. The molecule has 1 aromatic carbocycles. The predicted molar refractivity (Wildman–Crippen MR) is 71.6 cm³/mol. The lowest BCUT2D eigenvalue weighted by molar-refractivity contribution is 0.0697. The molecule has 2 aromatic heterocycles. The molecule has 6 nitrogen and oxygen atoms in total. The fraction of sp³-hybridized carbons (Fsp3) is 0.231. The molecule has 3 aromatic rings. The average Bonchev–Trinajstić information content (AvgIpc) is 2.92. The Bertz CT molecular complexity index is 757. The second kappa shape index (κ2) is 4.40. The molecule has 0 saturated carbocycles. The van der Waals surface area contributed by atoms with E-state index in [0.717, 1.165) is 30.0 Å². The van der Waals surface area contributed by atoms with Crippen molar-refractivity contribution in [3.05, 3.63) is 35.7 Å². The predicted octanol–water partition coefficient (Wildman–Crippen LogP) is 1.28. The number of hydrogen-bond acceptors (Lipinski definition) is 3. The van der Waals surface area contributed by atoms with Crippen LogP contribution in [0.25, 0.3) is 16.8 Å². The molecule has 2 heterocycles. The van der Waals surface area contributed by atoms with Crippen LogP contribution in [-0.4, -0.2) is 39.0 Å². The fourth-order valence-corrected chi connectivity index (χ4v) is 2.17. The fourth-order valence-electron chi connectivity index (χ4n) is 2.17. The van der Waals surface area contributed by atoms with E-state index in [-0.39, 0.29) is 5.56 Å². The van der Waals surface area contributed by atoms with E-state index in [1.54, 1.807) is 18.2 Å². The Labute approximate surface area is 109 Å². The molecule has 98 valence electrons. The van der Waals surface area contributed by atoms with E-state index in [2.05, 4.69) is 15.3 Å². The van der Waals surface area contributed by atoms with Crippen molar-refractivity contribution in [1.82, 2.24) is 19.7 Å². The van der Waals surface area contributed by atoms with Crippen molar-refractivity contribution < 1.29 is 9.90 Å². The molecule has 0 aliphatic heterocycles. The quantitative estimate of drug-likeness (QED) is 0.658. The van der Waals surface area contributed by atoms with E-state index >= 15 is 0 Å². The lowest BCUT2D eigenvalue weighted by Crippen LogP contribution is -2.10. The van der Waals surface area contributed by atoms with Gasteiger partial charge in [-0.2, -0.15) is 0 Å². The van der Waals surface area contributed by atoms with Gasteiger partial charge in [0.05, 0.1) is 16.6 Å². The van der Waals surface area contributed by atoms with E-state index < -0.39 is 5.97 Å². The first-order chi connectivity index (χ1) is 9.19. The Balaban J connectivity index is 2.08. The van der Waals surface area contributed by atoms with Crippen LogP contribution in [0.1, 0.15) is 16.1 Å².